The number of rotatable bonds is 6. The minimum atomic E-state index is -0.350. The van der Waals surface area contributed by atoms with Gasteiger partial charge in [0, 0.05) is 32.1 Å². The van der Waals surface area contributed by atoms with Crippen LogP contribution in [0.4, 0.5) is 5.69 Å². The lowest BCUT2D eigenvalue weighted by Gasteiger charge is -2.20. The number of hydrogen-bond donors (Lipinski definition) is 2. The molecule has 0 spiro atoms. The second-order valence-electron chi connectivity index (χ2n) is 6.48. The Labute approximate surface area is 165 Å². The lowest BCUT2D eigenvalue weighted by Crippen LogP contribution is -2.35. The molecule has 27 heavy (non-hydrogen) atoms. The summed E-state index contributed by atoms with van der Waals surface area (Å²) in [6, 6.07) is 5.30. The summed E-state index contributed by atoms with van der Waals surface area (Å²) in [6.45, 7) is 2.69. The van der Waals surface area contributed by atoms with Crippen molar-refractivity contribution >= 4 is 29.9 Å². The Balaban J connectivity index is 0.00000261. The molecule has 0 saturated carbocycles. The number of nitrogens with zero attached hydrogens (tertiary/aromatic N) is 1. The van der Waals surface area contributed by atoms with Gasteiger partial charge < -0.3 is 25.0 Å². The largest absolute Gasteiger partial charge is 0.497 e. The molecule has 1 saturated heterocycles. The van der Waals surface area contributed by atoms with Crippen molar-refractivity contribution in [3.63, 3.8) is 0 Å². The second kappa shape index (κ2) is 9.62. The number of methoxy groups -OCH3 is 2. The first-order valence-corrected chi connectivity index (χ1v) is 8.81. The molecule has 7 nitrogen and oxygen atoms in total. The fraction of sp³-hybridized carbons (Fsp3) is 0.474. The predicted octanol–water partition coefficient (Wildman–Crippen LogP) is 1.51. The van der Waals surface area contributed by atoms with Crippen LogP contribution >= 0.6 is 12.4 Å². The molecular formula is C19H26ClN3O4. The number of amides is 2. The fourth-order valence-electron chi connectivity index (χ4n) is 3.30. The van der Waals surface area contributed by atoms with Crippen LogP contribution in [-0.2, 0) is 9.59 Å². The van der Waals surface area contributed by atoms with E-state index >= 15 is 0 Å². The summed E-state index contributed by atoms with van der Waals surface area (Å²) in [6.07, 6.45) is 3.26. The Morgan fingerprint density at radius 1 is 1.33 bits per heavy atom. The molecule has 1 aromatic rings. The van der Waals surface area contributed by atoms with Crippen LogP contribution in [0.15, 0.2) is 29.8 Å². The molecule has 0 radical (unpaired) electrons. The van der Waals surface area contributed by atoms with Crippen molar-refractivity contribution in [2.75, 3.05) is 45.3 Å². The standard InChI is InChI=1S/C19H25N3O4.ClH/c1-25-15-3-4-16(17(10-15)26-2)22-12-14(9-18(22)23)19(24)21-11-13-5-7-20-8-6-13;/h3-5,10,14,20H,6-9,11-12H2,1-2H3,(H,21,24);1H. The van der Waals surface area contributed by atoms with Crippen LogP contribution < -0.4 is 25.0 Å². The summed E-state index contributed by atoms with van der Waals surface area (Å²) in [5.41, 5.74) is 1.89. The number of nitrogens with one attached hydrogen (secondary N) is 2. The van der Waals surface area contributed by atoms with Crippen molar-refractivity contribution in [2.45, 2.75) is 12.8 Å². The molecule has 1 aromatic carbocycles. The lowest BCUT2D eigenvalue weighted by molar-refractivity contribution is -0.126. The van der Waals surface area contributed by atoms with E-state index in [1.807, 2.05) is 0 Å². The van der Waals surface area contributed by atoms with E-state index in [4.69, 9.17) is 9.47 Å². The van der Waals surface area contributed by atoms with Crippen molar-refractivity contribution in [3.05, 3.63) is 29.8 Å². The van der Waals surface area contributed by atoms with Crippen LogP contribution in [0.1, 0.15) is 12.8 Å². The molecule has 148 valence electrons. The molecule has 0 aromatic heterocycles. The number of carbonyl (C=O) groups is 2. The minimum absolute atomic E-state index is 0. The Hall–Kier alpha value is -2.25. The molecule has 3 rings (SSSR count). The molecule has 0 aliphatic carbocycles. The van der Waals surface area contributed by atoms with Crippen LogP contribution in [0.5, 0.6) is 11.5 Å². The van der Waals surface area contributed by atoms with Gasteiger partial charge in [-0.1, -0.05) is 11.6 Å². The molecule has 8 heteroatoms. The van der Waals surface area contributed by atoms with Crippen molar-refractivity contribution < 1.29 is 19.1 Å². The van der Waals surface area contributed by atoms with E-state index < -0.39 is 0 Å². The highest BCUT2D eigenvalue weighted by atomic mass is 35.5. The normalized spacial score (nSPS) is 19.2. The topological polar surface area (TPSA) is 79.9 Å². The van der Waals surface area contributed by atoms with Gasteiger partial charge >= 0.3 is 0 Å². The molecule has 2 N–H and O–H groups in total. The monoisotopic (exact) mass is 395 g/mol. The van der Waals surface area contributed by atoms with E-state index in [0.29, 0.717) is 30.3 Å². The second-order valence-corrected chi connectivity index (χ2v) is 6.48. The number of halogens is 1. The highest BCUT2D eigenvalue weighted by molar-refractivity contribution is 6.01. The van der Waals surface area contributed by atoms with Crippen molar-refractivity contribution in [3.8, 4) is 11.5 Å². The number of anilines is 1. The third-order valence-corrected chi connectivity index (χ3v) is 4.82. The first kappa shape index (κ1) is 21.1. The maximum Gasteiger partial charge on any atom is 0.227 e. The summed E-state index contributed by atoms with van der Waals surface area (Å²) in [5.74, 6) is 0.708. The summed E-state index contributed by atoms with van der Waals surface area (Å²) >= 11 is 0. The molecule has 2 heterocycles. The maximum atomic E-state index is 12.5. The van der Waals surface area contributed by atoms with E-state index in [1.165, 1.54) is 5.57 Å². The van der Waals surface area contributed by atoms with Gasteiger partial charge in [0.25, 0.3) is 0 Å². The number of benzene rings is 1. The maximum absolute atomic E-state index is 12.5. The van der Waals surface area contributed by atoms with Crippen molar-refractivity contribution in [1.29, 1.82) is 0 Å². The molecule has 2 aliphatic heterocycles. The van der Waals surface area contributed by atoms with Gasteiger partial charge in [0.1, 0.15) is 11.5 Å². The fourth-order valence-corrected chi connectivity index (χ4v) is 3.30. The van der Waals surface area contributed by atoms with Crippen LogP contribution in [0.25, 0.3) is 0 Å². The molecule has 0 bridgehead atoms. The Kier molecular flexibility index (Phi) is 7.50. The van der Waals surface area contributed by atoms with Crippen molar-refractivity contribution in [2.24, 2.45) is 5.92 Å². The van der Waals surface area contributed by atoms with E-state index in [2.05, 4.69) is 16.7 Å². The number of ether oxygens (including phenoxy) is 2. The summed E-state index contributed by atoms with van der Waals surface area (Å²) in [7, 11) is 3.13. The van der Waals surface area contributed by atoms with E-state index in [0.717, 1.165) is 19.5 Å². The Morgan fingerprint density at radius 3 is 2.81 bits per heavy atom. The van der Waals surface area contributed by atoms with Gasteiger partial charge in [-0.3, -0.25) is 9.59 Å². The van der Waals surface area contributed by atoms with Crippen molar-refractivity contribution in [1.82, 2.24) is 10.6 Å². The van der Waals surface area contributed by atoms with Gasteiger partial charge in [-0.05, 0) is 25.1 Å². The third-order valence-electron chi connectivity index (χ3n) is 4.82. The summed E-state index contributed by atoms with van der Waals surface area (Å²) < 4.78 is 10.6. The van der Waals surface area contributed by atoms with Gasteiger partial charge in [0.2, 0.25) is 11.8 Å². The zero-order valence-corrected chi connectivity index (χ0v) is 16.4. The van der Waals surface area contributed by atoms with Gasteiger partial charge in [0.05, 0.1) is 25.8 Å². The smallest absolute Gasteiger partial charge is 0.227 e. The number of carbonyl (C=O) groups excluding carboxylic acids is 2. The van der Waals surface area contributed by atoms with Crippen LogP contribution in [0, 0.1) is 5.92 Å². The molecule has 1 unspecified atom stereocenters. The van der Waals surface area contributed by atoms with E-state index in [9.17, 15) is 9.59 Å². The summed E-state index contributed by atoms with van der Waals surface area (Å²) in [4.78, 5) is 26.6. The summed E-state index contributed by atoms with van der Waals surface area (Å²) in [5, 5.41) is 6.21. The van der Waals surface area contributed by atoms with Gasteiger partial charge in [-0.2, -0.15) is 0 Å². The molecule has 2 aliphatic rings. The average molecular weight is 396 g/mol. The zero-order valence-electron chi connectivity index (χ0n) is 15.6. The minimum Gasteiger partial charge on any atom is -0.497 e. The van der Waals surface area contributed by atoms with E-state index in [1.54, 1.807) is 37.3 Å². The third kappa shape index (κ3) is 4.93. The first-order valence-electron chi connectivity index (χ1n) is 8.81. The Morgan fingerprint density at radius 2 is 2.15 bits per heavy atom. The van der Waals surface area contributed by atoms with Gasteiger partial charge in [0.15, 0.2) is 0 Å². The lowest BCUT2D eigenvalue weighted by atomic mass is 10.1. The van der Waals surface area contributed by atoms with Crippen LogP contribution in [-0.4, -0.2) is 52.2 Å². The van der Waals surface area contributed by atoms with Gasteiger partial charge in [-0.15, -0.1) is 12.4 Å². The number of hydrogen-bond acceptors (Lipinski definition) is 5. The molecule has 2 amide bonds. The van der Waals surface area contributed by atoms with Crippen LogP contribution in [0.2, 0.25) is 0 Å². The predicted molar refractivity (Wildman–Crippen MR) is 106 cm³/mol. The molecule has 1 atom stereocenters. The molecule has 1 fully saturated rings. The first-order chi connectivity index (χ1) is 12.6. The molecular weight excluding hydrogens is 370 g/mol. The highest BCUT2D eigenvalue weighted by Crippen LogP contribution is 2.35. The van der Waals surface area contributed by atoms with E-state index in [-0.39, 0.29) is 36.6 Å². The highest BCUT2D eigenvalue weighted by Gasteiger charge is 2.36. The average Bonchev–Trinajstić information content (AvgIpc) is 3.08. The quantitative estimate of drug-likeness (QED) is 0.714. The Bertz CT molecular complexity index is 723. The zero-order chi connectivity index (χ0) is 18.5. The van der Waals surface area contributed by atoms with Crippen LogP contribution in [0.3, 0.4) is 0 Å². The van der Waals surface area contributed by atoms with Gasteiger partial charge in [-0.25, -0.2) is 0 Å². The SMILES string of the molecule is COc1ccc(N2CC(C(=O)NCC3=CCNCC3)CC2=O)c(OC)c1.Cl.